The Bertz CT molecular complexity index is 225. The van der Waals surface area contributed by atoms with Gasteiger partial charge in [0.2, 0.25) is 0 Å². The fourth-order valence-electron chi connectivity index (χ4n) is 1.98. The van der Waals surface area contributed by atoms with Gasteiger partial charge in [0.15, 0.2) is 0 Å². The second kappa shape index (κ2) is 2.96. The SMILES string of the molecule is CC(C)C1=CN2CCCC2C=C1. The van der Waals surface area contributed by atoms with Crippen molar-refractivity contribution >= 4 is 0 Å². The van der Waals surface area contributed by atoms with Crippen LogP contribution in [-0.4, -0.2) is 17.5 Å². The third kappa shape index (κ3) is 1.28. The van der Waals surface area contributed by atoms with Gasteiger partial charge in [0.25, 0.3) is 0 Å². The predicted molar refractivity (Wildman–Crippen MR) is 51.8 cm³/mol. The van der Waals surface area contributed by atoms with Crippen LogP contribution in [0.1, 0.15) is 26.7 Å². The van der Waals surface area contributed by atoms with E-state index in [0.717, 1.165) is 0 Å². The van der Waals surface area contributed by atoms with Gasteiger partial charge in [-0.15, -0.1) is 0 Å². The van der Waals surface area contributed by atoms with E-state index in [2.05, 4.69) is 37.1 Å². The summed E-state index contributed by atoms with van der Waals surface area (Å²) in [5.41, 5.74) is 1.48. The Morgan fingerprint density at radius 2 is 2.33 bits per heavy atom. The van der Waals surface area contributed by atoms with Crippen molar-refractivity contribution in [2.75, 3.05) is 6.54 Å². The Balaban J connectivity index is 2.15. The maximum atomic E-state index is 2.48. The highest BCUT2D eigenvalue weighted by Crippen LogP contribution is 2.26. The van der Waals surface area contributed by atoms with Crippen LogP contribution < -0.4 is 0 Å². The summed E-state index contributed by atoms with van der Waals surface area (Å²) in [7, 11) is 0. The lowest BCUT2D eigenvalue weighted by Crippen LogP contribution is -2.25. The molecule has 1 unspecified atom stereocenters. The Morgan fingerprint density at radius 1 is 1.50 bits per heavy atom. The molecule has 0 aliphatic carbocycles. The Kier molecular flexibility index (Phi) is 1.95. The van der Waals surface area contributed by atoms with Crippen LogP contribution in [0.5, 0.6) is 0 Å². The summed E-state index contributed by atoms with van der Waals surface area (Å²) < 4.78 is 0. The molecule has 0 aromatic rings. The van der Waals surface area contributed by atoms with E-state index in [4.69, 9.17) is 0 Å². The number of hydrogen-bond donors (Lipinski definition) is 0. The number of nitrogens with zero attached hydrogens (tertiary/aromatic N) is 1. The first-order chi connectivity index (χ1) is 5.77. The summed E-state index contributed by atoms with van der Waals surface area (Å²) in [5.74, 6) is 0.669. The van der Waals surface area contributed by atoms with Gasteiger partial charge in [-0.1, -0.05) is 26.0 Å². The molecule has 1 fully saturated rings. The van der Waals surface area contributed by atoms with Crippen LogP contribution in [0, 0.1) is 5.92 Å². The van der Waals surface area contributed by atoms with Gasteiger partial charge in [-0.05, 0) is 24.3 Å². The lowest BCUT2D eigenvalue weighted by atomic mass is 10.00. The first-order valence-corrected chi connectivity index (χ1v) is 4.93. The van der Waals surface area contributed by atoms with Crippen molar-refractivity contribution in [3.8, 4) is 0 Å². The largest absolute Gasteiger partial charge is 0.371 e. The van der Waals surface area contributed by atoms with E-state index in [-0.39, 0.29) is 0 Å². The molecule has 2 rings (SSSR count). The molecule has 0 saturated carbocycles. The summed E-state index contributed by atoms with van der Waals surface area (Å²) in [6.45, 7) is 5.77. The van der Waals surface area contributed by atoms with Crippen molar-refractivity contribution in [2.24, 2.45) is 5.92 Å². The summed E-state index contributed by atoms with van der Waals surface area (Å²) >= 11 is 0. The molecule has 12 heavy (non-hydrogen) atoms. The molecule has 0 spiro atoms. The van der Waals surface area contributed by atoms with E-state index in [1.165, 1.54) is 25.0 Å². The van der Waals surface area contributed by atoms with E-state index < -0.39 is 0 Å². The normalized spacial score (nSPS) is 27.8. The quantitative estimate of drug-likeness (QED) is 0.574. The van der Waals surface area contributed by atoms with Crippen molar-refractivity contribution in [2.45, 2.75) is 32.7 Å². The molecule has 0 bridgehead atoms. The first-order valence-electron chi connectivity index (χ1n) is 4.93. The second-order valence-electron chi connectivity index (χ2n) is 4.09. The Labute approximate surface area is 74.8 Å². The third-order valence-electron chi connectivity index (χ3n) is 2.83. The molecule has 66 valence electrons. The van der Waals surface area contributed by atoms with Gasteiger partial charge >= 0.3 is 0 Å². The van der Waals surface area contributed by atoms with Gasteiger partial charge in [-0.3, -0.25) is 0 Å². The smallest absolute Gasteiger partial charge is 0.0471 e. The van der Waals surface area contributed by atoms with Gasteiger partial charge < -0.3 is 4.90 Å². The molecule has 2 aliphatic rings. The fourth-order valence-corrected chi connectivity index (χ4v) is 1.98. The van der Waals surface area contributed by atoms with E-state index in [1.807, 2.05) is 0 Å². The maximum Gasteiger partial charge on any atom is 0.0471 e. The molecule has 1 saturated heterocycles. The van der Waals surface area contributed by atoms with Crippen molar-refractivity contribution in [1.82, 2.24) is 4.90 Å². The van der Waals surface area contributed by atoms with E-state index in [9.17, 15) is 0 Å². The van der Waals surface area contributed by atoms with E-state index in [1.54, 1.807) is 0 Å². The Morgan fingerprint density at radius 3 is 3.08 bits per heavy atom. The molecular weight excluding hydrogens is 146 g/mol. The monoisotopic (exact) mass is 163 g/mol. The Hall–Kier alpha value is -0.720. The molecule has 0 radical (unpaired) electrons. The molecule has 0 aromatic heterocycles. The molecule has 0 N–H and O–H groups in total. The molecule has 1 atom stereocenters. The minimum Gasteiger partial charge on any atom is -0.371 e. The molecule has 0 amide bonds. The average Bonchev–Trinajstić information content (AvgIpc) is 2.49. The van der Waals surface area contributed by atoms with Gasteiger partial charge in [0.05, 0.1) is 0 Å². The van der Waals surface area contributed by atoms with Crippen molar-refractivity contribution in [3.05, 3.63) is 23.9 Å². The predicted octanol–water partition coefficient (Wildman–Crippen LogP) is 2.56. The van der Waals surface area contributed by atoms with Gasteiger partial charge in [0.1, 0.15) is 0 Å². The molecule has 2 heterocycles. The molecule has 1 nitrogen and oxygen atoms in total. The van der Waals surface area contributed by atoms with Crippen molar-refractivity contribution < 1.29 is 0 Å². The van der Waals surface area contributed by atoms with Crippen LogP contribution in [0.25, 0.3) is 0 Å². The number of hydrogen-bond acceptors (Lipinski definition) is 1. The summed E-state index contributed by atoms with van der Waals surface area (Å²) in [6.07, 6.45) is 9.72. The van der Waals surface area contributed by atoms with E-state index in [0.29, 0.717) is 12.0 Å². The lowest BCUT2D eigenvalue weighted by molar-refractivity contribution is 0.389. The number of rotatable bonds is 1. The molecule has 0 aromatic carbocycles. The zero-order valence-electron chi connectivity index (χ0n) is 7.96. The zero-order chi connectivity index (χ0) is 8.55. The van der Waals surface area contributed by atoms with E-state index >= 15 is 0 Å². The number of allylic oxidation sites excluding steroid dienone is 2. The molecule has 1 heteroatoms. The fraction of sp³-hybridized carbons (Fsp3) is 0.636. The van der Waals surface area contributed by atoms with Crippen LogP contribution >= 0.6 is 0 Å². The van der Waals surface area contributed by atoms with Crippen LogP contribution in [0.2, 0.25) is 0 Å². The van der Waals surface area contributed by atoms with Crippen LogP contribution in [0.4, 0.5) is 0 Å². The lowest BCUT2D eigenvalue weighted by Gasteiger charge is -2.26. The van der Waals surface area contributed by atoms with Crippen LogP contribution in [0.15, 0.2) is 23.9 Å². The van der Waals surface area contributed by atoms with Gasteiger partial charge in [-0.2, -0.15) is 0 Å². The zero-order valence-corrected chi connectivity index (χ0v) is 7.96. The average molecular weight is 163 g/mol. The van der Waals surface area contributed by atoms with Gasteiger partial charge in [0, 0.05) is 18.8 Å². The molecular formula is C11H17N. The second-order valence-corrected chi connectivity index (χ2v) is 4.09. The summed E-state index contributed by atoms with van der Waals surface area (Å²) in [5, 5.41) is 0. The minimum atomic E-state index is 0.669. The molecule has 2 aliphatic heterocycles. The van der Waals surface area contributed by atoms with Crippen LogP contribution in [0.3, 0.4) is 0 Å². The first kappa shape index (κ1) is 7.90. The maximum absolute atomic E-state index is 2.48. The third-order valence-corrected chi connectivity index (χ3v) is 2.83. The number of fused-ring (bicyclic) bond motifs is 1. The van der Waals surface area contributed by atoms with Crippen LogP contribution in [-0.2, 0) is 0 Å². The van der Waals surface area contributed by atoms with Crippen molar-refractivity contribution in [1.29, 1.82) is 0 Å². The van der Waals surface area contributed by atoms with Gasteiger partial charge in [-0.25, -0.2) is 0 Å². The van der Waals surface area contributed by atoms with Crippen molar-refractivity contribution in [3.63, 3.8) is 0 Å². The standard InChI is InChI=1S/C11H17N/c1-9(2)10-5-6-11-4-3-7-12(11)8-10/h5-6,8-9,11H,3-4,7H2,1-2H3. The highest BCUT2D eigenvalue weighted by atomic mass is 15.2. The summed E-state index contributed by atoms with van der Waals surface area (Å²) in [4.78, 5) is 2.48. The minimum absolute atomic E-state index is 0.669. The highest BCUT2D eigenvalue weighted by molar-refractivity contribution is 5.26. The topological polar surface area (TPSA) is 3.24 Å². The highest BCUT2D eigenvalue weighted by Gasteiger charge is 2.22. The summed E-state index contributed by atoms with van der Waals surface area (Å²) in [6, 6.07) is 0.715.